The van der Waals surface area contributed by atoms with E-state index < -0.39 is 18.1 Å². The van der Waals surface area contributed by atoms with Gasteiger partial charge in [-0.25, -0.2) is 4.98 Å². The van der Waals surface area contributed by atoms with Gasteiger partial charge in [-0.05, 0) is 0 Å². The van der Waals surface area contributed by atoms with Gasteiger partial charge in [-0.1, -0.05) is 0 Å². The number of carboxylic acids is 1. The Morgan fingerprint density at radius 1 is 1.47 bits per heavy atom. The number of hydrogen-bond donors (Lipinski definition) is 6. The van der Waals surface area contributed by atoms with Crippen molar-refractivity contribution in [3.63, 3.8) is 0 Å². The fourth-order valence-electron chi connectivity index (χ4n) is 0.778. The summed E-state index contributed by atoms with van der Waals surface area (Å²) in [7, 11) is 0. The number of imidazole rings is 1. The van der Waals surface area contributed by atoms with Crippen LogP contribution >= 0.6 is 0 Å². The minimum absolute atomic E-state index is 0.287. The van der Waals surface area contributed by atoms with Gasteiger partial charge in [-0.3, -0.25) is 4.79 Å². The summed E-state index contributed by atoms with van der Waals surface area (Å²) in [5.74, 6) is -1.00. The number of aliphatic hydroxyl groups is 3. The molecule has 98 valence electrons. The lowest BCUT2D eigenvalue weighted by Gasteiger charge is -2.02. The highest BCUT2D eigenvalue weighted by molar-refractivity contribution is 5.73. The fourth-order valence-corrected chi connectivity index (χ4v) is 0.778. The summed E-state index contributed by atoms with van der Waals surface area (Å²) < 4.78 is 0. The molecule has 1 aromatic rings. The van der Waals surface area contributed by atoms with Crippen LogP contribution in [0.25, 0.3) is 0 Å². The van der Waals surface area contributed by atoms with Crippen molar-refractivity contribution < 1.29 is 25.2 Å². The van der Waals surface area contributed by atoms with Crippen molar-refractivity contribution in [2.75, 3.05) is 13.2 Å². The Bertz CT molecular complexity index is 300. The molecule has 0 saturated carbocycles. The lowest BCUT2D eigenvalue weighted by Crippen LogP contribution is -2.32. The largest absolute Gasteiger partial charge is 0.480 e. The maximum absolute atomic E-state index is 10.3. The molecule has 0 unspecified atom stereocenters. The molecule has 1 aromatic heterocycles. The zero-order chi connectivity index (χ0) is 13.3. The summed E-state index contributed by atoms with van der Waals surface area (Å²) in [4.78, 5) is 16.8. The van der Waals surface area contributed by atoms with Gasteiger partial charge in [0.25, 0.3) is 0 Å². The Morgan fingerprint density at radius 3 is 2.35 bits per heavy atom. The van der Waals surface area contributed by atoms with Gasteiger partial charge in [0.1, 0.15) is 12.1 Å². The van der Waals surface area contributed by atoms with E-state index in [2.05, 4.69) is 9.97 Å². The van der Waals surface area contributed by atoms with Crippen LogP contribution in [-0.2, 0) is 11.2 Å². The predicted molar refractivity (Wildman–Crippen MR) is 58.1 cm³/mol. The van der Waals surface area contributed by atoms with Crippen LogP contribution in [0.2, 0.25) is 0 Å². The lowest BCUT2D eigenvalue weighted by molar-refractivity contribution is -0.138. The molecule has 0 saturated heterocycles. The molecule has 0 amide bonds. The van der Waals surface area contributed by atoms with Crippen LogP contribution in [0.3, 0.4) is 0 Å². The molecule has 8 heteroatoms. The summed E-state index contributed by atoms with van der Waals surface area (Å²) in [5.41, 5.74) is 6.00. The van der Waals surface area contributed by atoms with Gasteiger partial charge in [-0.2, -0.15) is 0 Å². The molecule has 0 fully saturated rings. The number of carboxylic acid groups (broad SMARTS) is 1. The number of aromatic nitrogens is 2. The van der Waals surface area contributed by atoms with E-state index in [0.717, 1.165) is 5.69 Å². The molecule has 0 radical (unpaired) electrons. The summed E-state index contributed by atoms with van der Waals surface area (Å²) >= 11 is 0. The fraction of sp³-hybridized carbons (Fsp3) is 0.556. The average molecular weight is 247 g/mol. The molecule has 17 heavy (non-hydrogen) atoms. The molecular formula is C9H17N3O5. The third-order valence-corrected chi connectivity index (χ3v) is 1.73. The summed E-state index contributed by atoms with van der Waals surface area (Å²) in [6.45, 7) is -0.729. The van der Waals surface area contributed by atoms with Gasteiger partial charge >= 0.3 is 5.97 Å². The molecule has 0 aliphatic heterocycles. The van der Waals surface area contributed by atoms with Gasteiger partial charge in [0.05, 0.1) is 19.5 Å². The Hall–Kier alpha value is -1.48. The van der Waals surface area contributed by atoms with Crippen LogP contribution in [0.4, 0.5) is 0 Å². The minimum atomic E-state index is -1.00. The van der Waals surface area contributed by atoms with Crippen molar-refractivity contribution >= 4 is 5.97 Å². The third-order valence-electron chi connectivity index (χ3n) is 1.73. The number of aromatic amines is 1. The normalized spacial score (nSPS) is 11.8. The molecule has 0 aliphatic carbocycles. The van der Waals surface area contributed by atoms with E-state index in [0.29, 0.717) is 0 Å². The summed E-state index contributed by atoms with van der Waals surface area (Å²) in [6.07, 6.45) is 2.38. The van der Waals surface area contributed by atoms with Gasteiger partial charge in [0.15, 0.2) is 0 Å². The Morgan fingerprint density at radius 2 is 2.06 bits per heavy atom. The number of nitrogens with two attached hydrogens (primary N) is 1. The molecule has 1 heterocycles. The van der Waals surface area contributed by atoms with Crippen LogP contribution in [-0.4, -0.2) is 61.7 Å². The van der Waals surface area contributed by atoms with Gasteiger partial charge < -0.3 is 31.1 Å². The number of nitrogens with zero attached hydrogens (tertiary/aromatic N) is 1. The molecule has 1 rings (SSSR count). The first-order chi connectivity index (χ1) is 8.01. The molecule has 0 aliphatic rings. The monoisotopic (exact) mass is 247 g/mol. The van der Waals surface area contributed by atoms with Crippen molar-refractivity contribution in [2.45, 2.75) is 18.6 Å². The molecule has 7 N–H and O–H groups in total. The number of aliphatic carboxylic acids is 1. The van der Waals surface area contributed by atoms with Gasteiger partial charge in [0, 0.05) is 18.3 Å². The first kappa shape index (κ1) is 15.5. The Labute approximate surface area is 97.7 Å². The molecular weight excluding hydrogens is 230 g/mol. The number of H-pyrrole nitrogens is 1. The van der Waals surface area contributed by atoms with E-state index in [1.54, 1.807) is 6.20 Å². The Balaban J connectivity index is 0.000000366. The van der Waals surface area contributed by atoms with Crippen molar-refractivity contribution in [1.29, 1.82) is 0 Å². The second kappa shape index (κ2) is 8.65. The summed E-state index contributed by atoms with van der Waals surface area (Å²) in [6, 6.07) is -0.851. The topological polar surface area (TPSA) is 153 Å². The van der Waals surface area contributed by atoms with Gasteiger partial charge in [0.2, 0.25) is 0 Å². The van der Waals surface area contributed by atoms with Crippen molar-refractivity contribution in [1.82, 2.24) is 9.97 Å². The highest BCUT2D eigenvalue weighted by Gasteiger charge is 2.11. The first-order valence-corrected chi connectivity index (χ1v) is 4.86. The summed E-state index contributed by atoms with van der Waals surface area (Å²) in [5, 5.41) is 32.4. The molecule has 0 spiro atoms. The number of aliphatic hydroxyl groups excluding tert-OH is 3. The zero-order valence-electron chi connectivity index (χ0n) is 9.15. The molecule has 1 atom stereocenters. The van der Waals surface area contributed by atoms with E-state index in [1.807, 2.05) is 0 Å². The zero-order valence-corrected chi connectivity index (χ0v) is 9.15. The van der Waals surface area contributed by atoms with E-state index in [9.17, 15) is 4.79 Å². The van der Waals surface area contributed by atoms with Crippen LogP contribution < -0.4 is 5.73 Å². The van der Waals surface area contributed by atoms with Crippen LogP contribution in [0, 0.1) is 0 Å². The minimum Gasteiger partial charge on any atom is -0.480 e. The van der Waals surface area contributed by atoms with Crippen molar-refractivity contribution in [3.8, 4) is 0 Å². The van der Waals surface area contributed by atoms with Gasteiger partial charge in [-0.15, -0.1) is 0 Å². The highest BCUT2D eigenvalue weighted by Crippen LogP contribution is 1.95. The van der Waals surface area contributed by atoms with E-state index in [4.69, 9.17) is 26.2 Å². The molecule has 0 bridgehead atoms. The number of nitrogens with one attached hydrogen (secondary N) is 1. The van der Waals surface area contributed by atoms with Crippen molar-refractivity contribution in [3.05, 3.63) is 18.2 Å². The van der Waals surface area contributed by atoms with Crippen LogP contribution in [0.1, 0.15) is 5.69 Å². The Kier molecular flexibility index (Phi) is 7.89. The highest BCUT2D eigenvalue weighted by atomic mass is 16.4. The molecule has 8 nitrogen and oxygen atoms in total. The quantitative estimate of drug-likeness (QED) is 0.342. The second-order valence-electron chi connectivity index (χ2n) is 3.24. The first-order valence-electron chi connectivity index (χ1n) is 4.86. The average Bonchev–Trinajstić information content (AvgIpc) is 2.81. The number of carbonyl (C=O) groups is 1. The maximum Gasteiger partial charge on any atom is 0.320 e. The maximum atomic E-state index is 10.3. The third kappa shape index (κ3) is 7.41. The number of rotatable bonds is 5. The smallest absolute Gasteiger partial charge is 0.320 e. The predicted octanol–water partition coefficient (Wildman–Crippen LogP) is -2.30. The number of hydrogen-bond acceptors (Lipinski definition) is 6. The van der Waals surface area contributed by atoms with E-state index >= 15 is 0 Å². The second-order valence-corrected chi connectivity index (χ2v) is 3.24. The van der Waals surface area contributed by atoms with E-state index in [-0.39, 0.29) is 19.6 Å². The SMILES string of the molecule is N[C@@H](Cc1cnc[nH]1)C(=O)O.OCC(O)CO. The standard InChI is InChI=1S/C6H9N3O2.C3H8O3/c7-5(6(10)11)1-4-2-8-3-9-4;4-1-3(6)2-5/h2-3,5H,1,7H2,(H,8,9)(H,10,11);3-6H,1-2H2/t5-;/m0./s1. The van der Waals surface area contributed by atoms with Crippen LogP contribution in [0.5, 0.6) is 0 Å². The lowest BCUT2D eigenvalue weighted by atomic mass is 10.2. The van der Waals surface area contributed by atoms with Crippen molar-refractivity contribution in [2.24, 2.45) is 5.73 Å². The van der Waals surface area contributed by atoms with E-state index in [1.165, 1.54) is 6.33 Å². The van der Waals surface area contributed by atoms with Crippen LogP contribution in [0.15, 0.2) is 12.5 Å². The molecule has 0 aromatic carbocycles.